The number of hydrogen-bond donors (Lipinski definition) is 0. The van der Waals surface area contributed by atoms with E-state index in [1.54, 1.807) is 24.3 Å². The van der Waals surface area contributed by atoms with Crippen LogP contribution in [0.15, 0.2) is 97.1 Å². The Morgan fingerprint density at radius 3 is 1.23 bits per heavy atom. The predicted molar refractivity (Wildman–Crippen MR) is 187 cm³/mol. The molecule has 0 aromatic heterocycles. The molecule has 2 fully saturated rings. The Bertz CT molecular complexity index is 1550. The molecule has 0 heterocycles. The minimum absolute atomic E-state index is 0.0308. The number of nitro benzene ring substituents is 2. The molecule has 0 atom stereocenters. The summed E-state index contributed by atoms with van der Waals surface area (Å²) >= 11 is 0. The van der Waals surface area contributed by atoms with Crippen molar-refractivity contribution in [1.82, 2.24) is 0 Å². The van der Waals surface area contributed by atoms with E-state index in [0.29, 0.717) is 23.0 Å². The van der Waals surface area contributed by atoms with Crippen molar-refractivity contribution in [3.8, 4) is 23.0 Å². The van der Waals surface area contributed by atoms with E-state index >= 15 is 0 Å². The minimum Gasteiger partial charge on any atom is -0.457 e. The van der Waals surface area contributed by atoms with E-state index in [0.717, 1.165) is 30.6 Å². The van der Waals surface area contributed by atoms with Crippen LogP contribution >= 0.6 is 0 Å². The molecule has 48 heavy (non-hydrogen) atoms. The highest BCUT2D eigenvalue weighted by molar-refractivity contribution is 5.46. The van der Waals surface area contributed by atoms with Gasteiger partial charge in [-0.1, -0.05) is 76.1 Å². The van der Waals surface area contributed by atoms with E-state index in [1.165, 1.54) is 93.2 Å². The van der Waals surface area contributed by atoms with Gasteiger partial charge >= 0.3 is 0 Å². The predicted octanol–water partition coefficient (Wildman–Crippen LogP) is 11.6. The fraction of sp³-hybridized carbons (Fsp3) is 0.400. The molecule has 0 saturated heterocycles. The van der Waals surface area contributed by atoms with Crippen molar-refractivity contribution < 1.29 is 19.3 Å². The van der Waals surface area contributed by atoms with Gasteiger partial charge in [-0.15, -0.1) is 0 Å². The van der Waals surface area contributed by atoms with Gasteiger partial charge in [0.05, 0.1) is 9.85 Å². The van der Waals surface area contributed by atoms with E-state index in [2.05, 4.69) is 31.2 Å². The third-order valence-electron chi connectivity index (χ3n) is 10.9. The third-order valence-corrected chi connectivity index (χ3v) is 10.9. The molecule has 8 nitrogen and oxygen atoms in total. The van der Waals surface area contributed by atoms with Gasteiger partial charge in [0.1, 0.15) is 23.0 Å². The summed E-state index contributed by atoms with van der Waals surface area (Å²) in [7, 11) is 0. The van der Waals surface area contributed by atoms with Gasteiger partial charge < -0.3 is 9.47 Å². The standard InChI is InChI=1S/C40H44N2O6/c1-2-29-3-5-30(6-4-29)7-8-31-25-27-40(28-26-31,32-9-17-36(18-10-32)47-38-21-13-34(14-22-38)41(43)44)33-11-19-37(20-12-33)48-39-23-15-35(16-24-39)42(45)46/h9-24,29-31H,2-8,25-28H2,1H3/t29-,30-. The van der Waals surface area contributed by atoms with Crippen molar-refractivity contribution in [2.24, 2.45) is 17.8 Å². The number of non-ortho nitro benzene ring substituents is 2. The van der Waals surface area contributed by atoms with Crippen molar-refractivity contribution in [2.45, 2.75) is 83.0 Å². The normalized spacial score (nSPS) is 19.4. The lowest BCUT2D eigenvalue weighted by atomic mass is 9.62. The van der Waals surface area contributed by atoms with Gasteiger partial charge in [0.25, 0.3) is 11.4 Å². The van der Waals surface area contributed by atoms with Crippen molar-refractivity contribution >= 4 is 11.4 Å². The number of nitrogens with zero attached hydrogens (tertiary/aromatic N) is 2. The van der Waals surface area contributed by atoms with Crippen LogP contribution in [0.25, 0.3) is 0 Å². The van der Waals surface area contributed by atoms with Crippen molar-refractivity contribution in [2.75, 3.05) is 0 Å². The smallest absolute Gasteiger partial charge is 0.269 e. The van der Waals surface area contributed by atoms with Gasteiger partial charge in [-0.2, -0.15) is 0 Å². The second-order valence-electron chi connectivity index (χ2n) is 13.7. The topological polar surface area (TPSA) is 105 Å². The second kappa shape index (κ2) is 15.0. The maximum atomic E-state index is 11.0. The average Bonchev–Trinajstić information content (AvgIpc) is 3.12. The number of ether oxygens (including phenoxy) is 2. The molecule has 0 aliphatic heterocycles. The number of benzene rings is 4. The highest BCUT2D eigenvalue weighted by Gasteiger charge is 2.38. The SMILES string of the molecule is CC[C@H]1CC[C@H](CCC2CCC(c3ccc(Oc4ccc([N+](=O)[O-])cc4)cc3)(c3ccc(Oc4ccc([N+](=O)[O-])cc4)cc3)CC2)CC1. The lowest BCUT2D eigenvalue weighted by Gasteiger charge is -2.42. The molecule has 2 aliphatic rings. The Balaban J connectivity index is 1.17. The minimum atomic E-state index is -0.418. The van der Waals surface area contributed by atoms with Crippen molar-refractivity contribution in [1.29, 1.82) is 0 Å². The summed E-state index contributed by atoms with van der Waals surface area (Å²) in [4.78, 5) is 21.2. The van der Waals surface area contributed by atoms with Crippen LogP contribution in [0.5, 0.6) is 23.0 Å². The van der Waals surface area contributed by atoms with Gasteiger partial charge in [-0.25, -0.2) is 0 Å². The van der Waals surface area contributed by atoms with Crippen molar-refractivity contribution in [3.05, 3.63) is 128 Å². The maximum Gasteiger partial charge on any atom is 0.269 e. The summed E-state index contributed by atoms with van der Waals surface area (Å²) in [5.74, 6) is 5.05. The third kappa shape index (κ3) is 7.87. The largest absolute Gasteiger partial charge is 0.457 e. The van der Waals surface area contributed by atoms with Crippen LogP contribution in [-0.2, 0) is 5.41 Å². The van der Waals surface area contributed by atoms with E-state index in [4.69, 9.17) is 9.47 Å². The molecule has 2 aliphatic carbocycles. The van der Waals surface area contributed by atoms with Gasteiger partial charge in [0.2, 0.25) is 0 Å². The Morgan fingerprint density at radius 2 is 0.875 bits per heavy atom. The second-order valence-corrected chi connectivity index (χ2v) is 13.7. The first kappa shape index (κ1) is 33.2. The average molecular weight is 649 g/mol. The van der Waals surface area contributed by atoms with E-state index < -0.39 is 9.85 Å². The van der Waals surface area contributed by atoms with Crippen LogP contribution in [0.3, 0.4) is 0 Å². The number of nitro groups is 2. The molecule has 4 aromatic carbocycles. The maximum absolute atomic E-state index is 11.0. The van der Waals surface area contributed by atoms with Crippen LogP contribution < -0.4 is 9.47 Å². The molecule has 4 aromatic rings. The highest BCUT2D eigenvalue weighted by atomic mass is 16.6. The summed E-state index contributed by atoms with van der Waals surface area (Å²) in [5.41, 5.74) is 2.41. The van der Waals surface area contributed by atoms with Crippen LogP contribution in [0.4, 0.5) is 11.4 Å². The lowest BCUT2D eigenvalue weighted by Crippen LogP contribution is -2.33. The molecular formula is C40H44N2O6. The molecule has 0 N–H and O–H groups in total. The molecule has 0 spiro atoms. The van der Waals surface area contributed by atoms with E-state index in [-0.39, 0.29) is 16.8 Å². The molecule has 0 unspecified atom stereocenters. The summed E-state index contributed by atoms with van der Waals surface area (Å²) in [6.07, 6.45) is 14.1. The summed E-state index contributed by atoms with van der Waals surface area (Å²) in [6, 6.07) is 28.9. The first-order valence-corrected chi connectivity index (χ1v) is 17.4. The van der Waals surface area contributed by atoms with Crippen molar-refractivity contribution in [3.63, 3.8) is 0 Å². The fourth-order valence-electron chi connectivity index (χ4n) is 7.83. The van der Waals surface area contributed by atoms with Crippen LogP contribution in [0.1, 0.15) is 88.7 Å². The summed E-state index contributed by atoms with van der Waals surface area (Å²) < 4.78 is 12.1. The summed E-state index contributed by atoms with van der Waals surface area (Å²) in [6.45, 7) is 2.33. The molecule has 0 bridgehead atoms. The zero-order valence-electron chi connectivity index (χ0n) is 27.6. The van der Waals surface area contributed by atoms with E-state index in [1.807, 2.05) is 24.3 Å². The lowest BCUT2D eigenvalue weighted by molar-refractivity contribution is -0.385. The molecule has 0 amide bonds. The Morgan fingerprint density at radius 1 is 0.542 bits per heavy atom. The number of rotatable bonds is 12. The molecule has 0 radical (unpaired) electrons. The van der Waals surface area contributed by atoms with Gasteiger partial charge in [-0.3, -0.25) is 20.2 Å². The molecule has 8 heteroatoms. The molecular weight excluding hydrogens is 604 g/mol. The Kier molecular flexibility index (Phi) is 10.4. The van der Waals surface area contributed by atoms with Crippen LogP contribution in [-0.4, -0.2) is 9.85 Å². The first-order chi connectivity index (χ1) is 23.3. The fourth-order valence-corrected chi connectivity index (χ4v) is 7.83. The van der Waals surface area contributed by atoms with Gasteiger partial charge in [0.15, 0.2) is 0 Å². The summed E-state index contributed by atoms with van der Waals surface area (Å²) in [5, 5.41) is 22.1. The Labute approximate surface area is 282 Å². The quantitative estimate of drug-likeness (QED) is 0.112. The zero-order valence-corrected chi connectivity index (χ0v) is 27.6. The van der Waals surface area contributed by atoms with Gasteiger partial charge in [-0.05, 0) is 103 Å². The first-order valence-electron chi connectivity index (χ1n) is 17.4. The Hall–Kier alpha value is -4.72. The highest BCUT2D eigenvalue weighted by Crippen LogP contribution is 2.49. The van der Waals surface area contributed by atoms with E-state index in [9.17, 15) is 20.2 Å². The van der Waals surface area contributed by atoms with Gasteiger partial charge in [0, 0.05) is 29.7 Å². The van der Waals surface area contributed by atoms with Crippen LogP contribution in [0, 0.1) is 38.0 Å². The monoisotopic (exact) mass is 648 g/mol. The molecule has 2 saturated carbocycles. The van der Waals surface area contributed by atoms with Crippen LogP contribution in [0.2, 0.25) is 0 Å². The number of hydrogen-bond acceptors (Lipinski definition) is 6. The zero-order chi connectivity index (χ0) is 33.5. The molecule has 250 valence electrons. The molecule has 6 rings (SSSR count).